The van der Waals surface area contributed by atoms with Gasteiger partial charge < -0.3 is 25.6 Å². The lowest BCUT2D eigenvalue weighted by molar-refractivity contribution is -0.121. The van der Waals surface area contributed by atoms with Gasteiger partial charge in [0, 0.05) is 30.5 Å². The van der Waals surface area contributed by atoms with Gasteiger partial charge in [-0.2, -0.15) is 4.98 Å². The van der Waals surface area contributed by atoms with Crippen LogP contribution >= 0.6 is 0 Å². The van der Waals surface area contributed by atoms with E-state index in [0.717, 1.165) is 16.9 Å². The highest BCUT2D eigenvalue weighted by atomic mass is 16.5. The van der Waals surface area contributed by atoms with Crippen molar-refractivity contribution in [3.05, 3.63) is 65.5 Å². The van der Waals surface area contributed by atoms with Crippen molar-refractivity contribution in [2.75, 3.05) is 13.2 Å². The Kier molecular flexibility index (Phi) is 8.12. The number of nitrogens with two attached hydrogens (primary N) is 1. The third-order valence-electron chi connectivity index (χ3n) is 4.59. The molecule has 0 bridgehead atoms. The van der Waals surface area contributed by atoms with Crippen molar-refractivity contribution in [3.63, 3.8) is 0 Å². The lowest BCUT2D eigenvalue weighted by Gasteiger charge is -2.06. The van der Waals surface area contributed by atoms with Gasteiger partial charge in [0.1, 0.15) is 5.75 Å². The van der Waals surface area contributed by atoms with Crippen molar-refractivity contribution < 1.29 is 23.6 Å². The number of aromatic nitrogens is 2. The van der Waals surface area contributed by atoms with Crippen LogP contribution in [0.5, 0.6) is 5.75 Å². The quantitative estimate of drug-likeness (QED) is 0.401. The highest BCUT2D eigenvalue weighted by Crippen LogP contribution is 2.20. The van der Waals surface area contributed by atoms with Crippen LogP contribution in [0.4, 0.5) is 0 Å². The maximum Gasteiger partial charge on any atom is 0.251 e. The Bertz CT molecular complexity index is 1090. The van der Waals surface area contributed by atoms with Gasteiger partial charge >= 0.3 is 0 Å². The fourth-order valence-corrected chi connectivity index (χ4v) is 2.89. The topological polar surface area (TPSA) is 149 Å². The summed E-state index contributed by atoms with van der Waals surface area (Å²) in [7, 11) is 0. The predicted octanol–water partition coefficient (Wildman–Crippen LogP) is 1.60. The Hall–Kier alpha value is -4.21. The van der Waals surface area contributed by atoms with Crippen molar-refractivity contribution >= 4 is 17.7 Å². The molecule has 0 saturated heterocycles. The molecular formula is C23H25N5O5. The Morgan fingerprint density at radius 2 is 1.76 bits per heavy atom. The second-order valence-electron chi connectivity index (χ2n) is 7.09. The molecule has 1 aromatic heterocycles. The molecule has 1 heterocycles. The largest absolute Gasteiger partial charge is 0.494 e. The molecule has 10 nitrogen and oxygen atoms in total. The molecule has 3 rings (SSSR count). The van der Waals surface area contributed by atoms with Crippen LogP contribution in [0, 0.1) is 0 Å². The summed E-state index contributed by atoms with van der Waals surface area (Å²) in [6.45, 7) is 2.60. The number of ether oxygens (including phenoxy) is 1. The van der Waals surface area contributed by atoms with Crippen LogP contribution < -0.4 is 21.1 Å². The van der Waals surface area contributed by atoms with E-state index in [0.29, 0.717) is 36.9 Å². The van der Waals surface area contributed by atoms with E-state index in [1.165, 1.54) is 0 Å². The zero-order valence-corrected chi connectivity index (χ0v) is 18.2. The number of hydrogen-bond donors (Lipinski definition) is 3. The van der Waals surface area contributed by atoms with Crippen LogP contribution in [0.3, 0.4) is 0 Å². The van der Waals surface area contributed by atoms with Gasteiger partial charge in [0.2, 0.25) is 23.5 Å². The number of carbonyl (C=O) groups is 3. The zero-order chi connectivity index (χ0) is 23.6. The average molecular weight is 451 g/mol. The molecule has 0 fully saturated rings. The predicted molar refractivity (Wildman–Crippen MR) is 119 cm³/mol. The summed E-state index contributed by atoms with van der Waals surface area (Å²) in [5, 5.41) is 9.18. The van der Waals surface area contributed by atoms with Crippen molar-refractivity contribution in [2.24, 2.45) is 5.73 Å². The summed E-state index contributed by atoms with van der Waals surface area (Å²) in [6.07, 6.45) is 0.507. The van der Waals surface area contributed by atoms with Crippen LogP contribution in [0.1, 0.15) is 35.2 Å². The van der Waals surface area contributed by atoms with Gasteiger partial charge in [0.05, 0.1) is 13.2 Å². The molecule has 0 aliphatic heterocycles. The number of amides is 3. The Morgan fingerprint density at radius 3 is 2.42 bits per heavy atom. The summed E-state index contributed by atoms with van der Waals surface area (Å²) < 4.78 is 10.7. The first-order chi connectivity index (χ1) is 15.9. The summed E-state index contributed by atoms with van der Waals surface area (Å²) in [6, 6.07) is 14.0. The molecule has 172 valence electrons. The molecule has 10 heteroatoms. The summed E-state index contributed by atoms with van der Waals surface area (Å²) in [5.41, 5.74) is 7.02. The minimum Gasteiger partial charge on any atom is -0.494 e. The fraction of sp³-hybridized carbons (Fsp3) is 0.261. The van der Waals surface area contributed by atoms with Crippen LogP contribution in [0.25, 0.3) is 11.4 Å². The van der Waals surface area contributed by atoms with E-state index in [-0.39, 0.29) is 18.9 Å². The van der Waals surface area contributed by atoms with E-state index < -0.39 is 11.8 Å². The average Bonchev–Trinajstić information content (AvgIpc) is 3.30. The molecule has 0 spiro atoms. The van der Waals surface area contributed by atoms with E-state index >= 15 is 0 Å². The van der Waals surface area contributed by atoms with Crippen LogP contribution in [-0.4, -0.2) is 41.0 Å². The maximum absolute atomic E-state index is 12.2. The van der Waals surface area contributed by atoms with E-state index in [4.69, 9.17) is 15.0 Å². The van der Waals surface area contributed by atoms with Crippen LogP contribution in [0.2, 0.25) is 0 Å². The molecule has 2 aromatic carbocycles. The molecule has 0 aliphatic rings. The lowest BCUT2D eigenvalue weighted by Crippen LogP contribution is -2.33. The fourth-order valence-electron chi connectivity index (χ4n) is 2.89. The number of rotatable bonds is 11. The van der Waals surface area contributed by atoms with Gasteiger partial charge in [-0.15, -0.1) is 0 Å². The van der Waals surface area contributed by atoms with Crippen molar-refractivity contribution in [1.29, 1.82) is 0 Å². The molecule has 0 aliphatic carbocycles. The van der Waals surface area contributed by atoms with Gasteiger partial charge in [-0.3, -0.25) is 14.4 Å². The summed E-state index contributed by atoms with van der Waals surface area (Å²) >= 11 is 0. The molecule has 0 saturated carbocycles. The van der Waals surface area contributed by atoms with Crippen LogP contribution in [-0.2, 0) is 22.6 Å². The number of nitrogens with zero attached hydrogens (tertiary/aromatic N) is 2. The van der Waals surface area contributed by atoms with Gasteiger partial charge in [0.25, 0.3) is 5.91 Å². The number of aryl methyl sites for hydroxylation is 1. The van der Waals surface area contributed by atoms with Gasteiger partial charge in [0.15, 0.2) is 0 Å². The minimum atomic E-state index is -0.615. The molecule has 33 heavy (non-hydrogen) atoms. The lowest BCUT2D eigenvalue weighted by atomic mass is 10.1. The molecule has 3 aromatic rings. The molecule has 0 unspecified atom stereocenters. The van der Waals surface area contributed by atoms with E-state index in [2.05, 4.69) is 20.8 Å². The van der Waals surface area contributed by atoms with E-state index in [1.807, 2.05) is 31.2 Å². The minimum absolute atomic E-state index is 0.168. The Labute approximate surface area is 190 Å². The van der Waals surface area contributed by atoms with Gasteiger partial charge in [-0.1, -0.05) is 17.3 Å². The maximum atomic E-state index is 12.2. The van der Waals surface area contributed by atoms with Gasteiger partial charge in [-0.05, 0) is 48.9 Å². The first-order valence-corrected chi connectivity index (χ1v) is 10.4. The Morgan fingerprint density at radius 1 is 1.03 bits per heavy atom. The molecule has 4 N–H and O–H groups in total. The monoisotopic (exact) mass is 451 g/mol. The second-order valence-corrected chi connectivity index (χ2v) is 7.09. The smallest absolute Gasteiger partial charge is 0.251 e. The second kappa shape index (κ2) is 11.4. The number of carbonyl (C=O) groups excluding carboxylic acids is 3. The molecule has 0 atom stereocenters. The van der Waals surface area contributed by atoms with Gasteiger partial charge in [-0.25, -0.2) is 0 Å². The number of primary amides is 1. The highest BCUT2D eigenvalue weighted by Gasteiger charge is 2.11. The zero-order valence-electron chi connectivity index (χ0n) is 18.2. The third-order valence-corrected chi connectivity index (χ3v) is 4.59. The SMILES string of the molecule is CCOc1ccc(-c2noc(CCC(=O)NCc3ccc(C(=O)NCC(N)=O)cc3)n2)cc1. The first-order valence-electron chi connectivity index (χ1n) is 10.4. The Balaban J connectivity index is 1.43. The third kappa shape index (κ3) is 7.17. The summed E-state index contributed by atoms with van der Waals surface area (Å²) in [5.74, 6) is 0.416. The van der Waals surface area contributed by atoms with E-state index in [1.54, 1.807) is 24.3 Å². The highest BCUT2D eigenvalue weighted by molar-refractivity contribution is 5.96. The number of hydrogen-bond acceptors (Lipinski definition) is 7. The van der Waals surface area contributed by atoms with Crippen molar-refractivity contribution in [2.45, 2.75) is 26.3 Å². The normalized spacial score (nSPS) is 10.5. The summed E-state index contributed by atoms with van der Waals surface area (Å²) in [4.78, 5) is 39.1. The van der Waals surface area contributed by atoms with Crippen LogP contribution in [0.15, 0.2) is 53.1 Å². The van der Waals surface area contributed by atoms with E-state index in [9.17, 15) is 14.4 Å². The standard InChI is InChI=1S/C23H25N5O5/c1-2-32-18-9-7-16(8-10-18)22-27-21(33-28-22)12-11-20(30)25-13-15-3-5-17(6-4-15)23(31)26-14-19(24)29/h3-10H,2,11-14H2,1H3,(H2,24,29)(H,25,30)(H,26,31). The first kappa shape index (κ1) is 23.5. The van der Waals surface area contributed by atoms with Crippen molar-refractivity contribution in [3.8, 4) is 17.1 Å². The number of nitrogens with one attached hydrogen (secondary N) is 2. The molecule has 0 radical (unpaired) electrons. The molecular weight excluding hydrogens is 426 g/mol. The van der Waals surface area contributed by atoms with Crippen molar-refractivity contribution in [1.82, 2.24) is 20.8 Å². The number of benzene rings is 2. The molecule has 3 amide bonds.